The van der Waals surface area contributed by atoms with E-state index in [4.69, 9.17) is 5.73 Å². The molecular weight excluding hydrogens is 359 g/mol. The van der Waals surface area contributed by atoms with Crippen molar-refractivity contribution >= 4 is 22.4 Å². The minimum absolute atomic E-state index is 0. The maximum atomic E-state index is 12.0. The zero-order valence-corrected chi connectivity index (χ0v) is 13.5. The van der Waals surface area contributed by atoms with E-state index in [-0.39, 0.29) is 35.8 Å². The van der Waals surface area contributed by atoms with Gasteiger partial charge in [0.15, 0.2) is 6.61 Å². The lowest BCUT2D eigenvalue weighted by Crippen LogP contribution is -2.38. The number of hydrogen-bond donors (Lipinski definition) is 2. The van der Waals surface area contributed by atoms with Crippen molar-refractivity contribution in [3.63, 3.8) is 0 Å². The summed E-state index contributed by atoms with van der Waals surface area (Å²) in [5, 5.41) is 0. The number of nitrogens with zero attached hydrogens (tertiary/aromatic N) is 1. The molecule has 1 saturated carbocycles. The lowest BCUT2D eigenvalue weighted by Gasteiger charge is -2.12. The minimum atomic E-state index is -4.48. The fourth-order valence-corrected chi connectivity index (χ4v) is 2.76. The van der Waals surface area contributed by atoms with E-state index in [1.165, 1.54) is 0 Å². The Labute approximate surface area is 138 Å². The van der Waals surface area contributed by atoms with Crippen LogP contribution in [-0.4, -0.2) is 38.8 Å². The summed E-state index contributed by atoms with van der Waals surface area (Å²) in [5.74, 6) is 0.0462. The highest BCUT2D eigenvalue weighted by molar-refractivity contribution is 7.89. The molecule has 0 aliphatic heterocycles. The third kappa shape index (κ3) is 6.50. The van der Waals surface area contributed by atoms with Gasteiger partial charge >= 0.3 is 6.18 Å². The lowest BCUT2D eigenvalue weighted by molar-refractivity contribution is -0.154. The number of halogens is 4. The van der Waals surface area contributed by atoms with E-state index in [0.29, 0.717) is 5.92 Å². The average Bonchev–Trinajstić information content (AvgIpc) is 3.27. The number of aromatic nitrogens is 1. The van der Waals surface area contributed by atoms with E-state index in [9.17, 15) is 21.6 Å². The van der Waals surface area contributed by atoms with Crippen LogP contribution in [0.15, 0.2) is 23.2 Å². The fourth-order valence-electron chi connectivity index (χ4n) is 1.75. The molecule has 6 nitrogen and oxygen atoms in total. The second-order valence-electron chi connectivity index (χ2n) is 5.09. The van der Waals surface area contributed by atoms with Crippen LogP contribution in [0.25, 0.3) is 0 Å². The van der Waals surface area contributed by atoms with Gasteiger partial charge < -0.3 is 10.5 Å². The predicted octanol–water partition coefficient (Wildman–Crippen LogP) is 1.46. The molecule has 2 rings (SSSR count). The van der Waals surface area contributed by atoms with Gasteiger partial charge in [-0.25, -0.2) is 18.1 Å². The lowest BCUT2D eigenvalue weighted by atomic mass is 10.2. The Morgan fingerprint density at radius 3 is 2.52 bits per heavy atom. The number of nitrogens with one attached hydrogen (secondary N) is 1. The van der Waals surface area contributed by atoms with Crippen LogP contribution in [0.3, 0.4) is 0 Å². The van der Waals surface area contributed by atoms with Gasteiger partial charge in [0.1, 0.15) is 4.90 Å². The predicted molar refractivity (Wildman–Crippen MR) is 78.9 cm³/mol. The Kier molecular flexibility index (Phi) is 6.63. The van der Waals surface area contributed by atoms with Gasteiger partial charge in [-0.15, -0.1) is 12.4 Å². The summed E-state index contributed by atoms with van der Waals surface area (Å²) in [4.78, 5) is 3.39. The molecule has 1 aromatic heterocycles. The molecule has 1 aliphatic rings. The van der Waals surface area contributed by atoms with Gasteiger partial charge in [-0.3, -0.25) is 0 Å². The molecule has 0 saturated heterocycles. The molecule has 0 spiro atoms. The number of alkyl halides is 3. The molecule has 23 heavy (non-hydrogen) atoms. The maximum Gasteiger partial charge on any atom is 0.422 e. The van der Waals surface area contributed by atoms with Crippen LogP contribution < -0.4 is 15.2 Å². The molecule has 132 valence electrons. The molecular formula is C12H17ClF3N3O3S. The standard InChI is InChI=1S/C12H16F3N3O3S.ClH/c13-12(14,15)7-21-11-4-3-9(5-17-11)22(19,20)18-6-10(16)8-1-2-8;/h3-5,8,10,18H,1-2,6-7,16H2;1H. The highest BCUT2D eigenvalue weighted by Gasteiger charge is 2.30. The molecule has 1 aromatic rings. The molecule has 0 amide bonds. The van der Waals surface area contributed by atoms with Crippen LogP contribution in [0.2, 0.25) is 0 Å². The molecule has 11 heteroatoms. The zero-order valence-electron chi connectivity index (χ0n) is 11.9. The number of pyridine rings is 1. The van der Waals surface area contributed by atoms with E-state index in [1.54, 1.807) is 0 Å². The summed E-state index contributed by atoms with van der Waals surface area (Å²) >= 11 is 0. The van der Waals surface area contributed by atoms with Crippen molar-refractivity contribution in [2.75, 3.05) is 13.2 Å². The van der Waals surface area contributed by atoms with Gasteiger partial charge in [-0.2, -0.15) is 13.2 Å². The molecule has 1 heterocycles. The second kappa shape index (κ2) is 7.65. The molecule has 1 aliphatic carbocycles. The summed E-state index contributed by atoms with van der Waals surface area (Å²) < 4.78 is 66.7. The van der Waals surface area contributed by atoms with Gasteiger partial charge in [-0.05, 0) is 24.8 Å². The Morgan fingerprint density at radius 1 is 1.39 bits per heavy atom. The molecule has 0 bridgehead atoms. The van der Waals surface area contributed by atoms with Crippen molar-refractivity contribution < 1.29 is 26.3 Å². The number of ether oxygens (including phenoxy) is 1. The minimum Gasteiger partial charge on any atom is -0.468 e. The first kappa shape index (κ1) is 19.9. The third-order valence-electron chi connectivity index (χ3n) is 3.14. The van der Waals surface area contributed by atoms with E-state index in [1.807, 2.05) is 0 Å². The van der Waals surface area contributed by atoms with Gasteiger partial charge in [0, 0.05) is 18.7 Å². The Hall–Kier alpha value is -1.10. The number of nitrogens with two attached hydrogens (primary N) is 1. The largest absolute Gasteiger partial charge is 0.468 e. The summed E-state index contributed by atoms with van der Waals surface area (Å²) in [6.07, 6.45) is -1.55. The highest BCUT2D eigenvalue weighted by atomic mass is 35.5. The van der Waals surface area contributed by atoms with E-state index in [2.05, 4.69) is 14.4 Å². The van der Waals surface area contributed by atoms with Crippen LogP contribution in [0, 0.1) is 5.92 Å². The van der Waals surface area contributed by atoms with Gasteiger partial charge in [0.25, 0.3) is 0 Å². The number of rotatable bonds is 7. The first-order valence-electron chi connectivity index (χ1n) is 6.58. The summed E-state index contributed by atoms with van der Waals surface area (Å²) in [6, 6.07) is 1.96. The normalized spacial score (nSPS) is 16.5. The molecule has 0 radical (unpaired) electrons. The van der Waals surface area contributed by atoms with Crippen LogP contribution in [0.1, 0.15) is 12.8 Å². The summed E-state index contributed by atoms with van der Waals surface area (Å²) in [5.41, 5.74) is 5.80. The van der Waals surface area contributed by atoms with E-state index >= 15 is 0 Å². The monoisotopic (exact) mass is 375 g/mol. The van der Waals surface area contributed by atoms with Gasteiger partial charge in [-0.1, -0.05) is 0 Å². The molecule has 1 fully saturated rings. The van der Waals surface area contributed by atoms with Crippen molar-refractivity contribution in [1.29, 1.82) is 0 Å². The zero-order chi connectivity index (χ0) is 16.4. The average molecular weight is 376 g/mol. The third-order valence-corrected chi connectivity index (χ3v) is 4.55. The second-order valence-corrected chi connectivity index (χ2v) is 6.86. The molecule has 1 atom stereocenters. The SMILES string of the molecule is Cl.NC(CNS(=O)(=O)c1ccc(OCC(F)(F)F)nc1)C1CC1. The summed E-state index contributed by atoms with van der Waals surface area (Å²) in [7, 11) is -3.79. The first-order chi connectivity index (χ1) is 10.2. The topological polar surface area (TPSA) is 94.3 Å². The maximum absolute atomic E-state index is 12.0. The van der Waals surface area contributed by atoms with Crippen LogP contribution in [0.5, 0.6) is 5.88 Å². The van der Waals surface area contributed by atoms with Crippen LogP contribution in [-0.2, 0) is 10.0 Å². The Morgan fingerprint density at radius 2 is 2.04 bits per heavy atom. The van der Waals surface area contributed by atoms with Gasteiger partial charge in [0.05, 0.1) is 6.20 Å². The van der Waals surface area contributed by atoms with Crippen molar-refractivity contribution in [2.45, 2.75) is 30.0 Å². The molecule has 1 unspecified atom stereocenters. The van der Waals surface area contributed by atoms with Gasteiger partial charge in [0.2, 0.25) is 15.9 Å². The van der Waals surface area contributed by atoms with E-state index in [0.717, 1.165) is 31.2 Å². The quantitative estimate of drug-likeness (QED) is 0.752. The van der Waals surface area contributed by atoms with Crippen molar-refractivity contribution in [3.8, 4) is 5.88 Å². The Bertz CT molecular complexity index is 606. The van der Waals surface area contributed by atoms with Crippen molar-refractivity contribution in [2.24, 2.45) is 11.7 Å². The highest BCUT2D eigenvalue weighted by Crippen LogP contribution is 2.31. The fraction of sp³-hybridized carbons (Fsp3) is 0.583. The molecule has 3 N–H and O–H groups in total. The smallest absolute Gasteiger partial charge is 0.422 e. The van der Waals surface area contributed by atoms with Crippen molar-refractivity contribution in [1.82, 2.24) is 9.71 Å². The molecule has 0 aromatic carbocycles. The first-order valence-corrected chi connectivity index (χ1v) is 8.06. The summed E-state index contributed by atoms with van der Waals surface area (Å²) in [6.45, 7) is -1.38. The Balaban J connectivity index is 0.00000264. The number of hydrogen-bond acceptors (Lipinski definition) is 5. The van der Waals surface area contributed by atoms with Crippen LogP contribution in [0.4, 0.5) is 13.2 Å². The van der Waals surface area contributed by atoms with Crippen LogP contribution >= 0.6 is 12.4 Å². The van der Waals surface area contributed by atoms with E-state index < -0.39 is 22.8 Å². The van der Waals surface area contributed by atoms with Crippen molar-refractivity contribution in [3.05, 3.63) is 18.3 Å². The number of sulfonamides is 1.